The molecular formula is C13H17NO4. The molecule has 1 amide bonds. The summed E-state index contributed by atoms with van der Waals surface area (Å²) in [5.74, 6) is -2.22. The standard InChI is InChI=1S/C13H17NO4/c1-2-3-6-14-7-13-5-4-8(18-13)9(12(16)17)10(13)11(14)15/h4-5,8-10H,2-3,6-7H2,1H3,(H,16,17)/t8-,9-,10+,13-/m0/s1. The van der Waals surface area contributed by atoms with Crippen LogP contribution in [0.15, 0.2) is 12.2 Å². The van der Waals surface area contributed by atoms with Crippen LogP contribution in [0.3, 0.4) is 0 Å². The quantitative estimate of drug-likeness (QED) is 0.745. The van der Waals surface area contributed by atoms with Crippen molar-refractivity contribution in [3.05, 3.63) is 12.2 Å². The van der Waals surface area contributed by atoms with Gasteiger partial charge in [0.1, 0.15) is 11.5 Å². The summed E-state index contributed by atoms with van der Waals surface area (Å²) in [7, 11) is 0. The molecule has 0 aromatic heterocycles. The highest BCUT2D eigenvalue weighted by Gasteiger charge is 2.66. The van der Waals surface area contributed by atoms with Gasteiger partial charge in [-0.05, 0) is 6.42 Å². The maximum absolute atomic E-state index is 12.3. The molecule has 1 spiro atoms. The lowest BCUT2D eigenvalue weighted by Gasteiger charge is -2.21. The van der Waals surface area contributed by atoms with Gasteiger partial charge in [-0.25, -0.2) is 0 Å². The number of hydrogen-bond acceptors (Lipinski definition) is 3. The highest BCUT2D eigenvalue weighted by Crippen LogP contribution is 2.51. The van der Waals surface area contributed by atoms with Gasteiger partial charge in [0.25, 0.3) is 0 Å². The number of carboxylic acids is 1. The number of ether oxygens (including phenoxy) is 1. The first-order chi connectivity index (χ1) is 8.59. The van der Waals surface area contributed by atoms with Crippen LogP contribution in [0.5, 0.6) is 0 Å². The second-order valence-electron chi connectivity index (χ2n) is 5.35. The summed E-state index contributed by atoms with van der Waals surface area (Å²) >= 11 is 0. The Morgan fingerprint density at radius 3 is 3.11 bits per heavy atom. The molecule has 1 N–H and O–H groups in total. The number of rotatable bonds is 4. The number of carboxylic acid groups (broad SMARTS) is 1. The van der Waals surface area contributed by atoms with E-state index in [1.807, 2.05) is 6.08 Å². The molecule has 0 aromatic rings. The van der Waals surface area contributed by atoms with E-state index in [9.17, 15) is 14.7 Å². The molecule has 0 radical (unpaired) electrons. The lowest BCUT2D eigenvalue weighted by Crippen LogP contribution is -2.39. The highest BCUT2D eigenvalue weighted by molar-refractivity contribution is 5.90. The number of aliphatic carboxylic acids is 1. The molecule has 0 unspecified atom stereocenters. The molecule has 3 rings (SSSR count). The molecule has 2 fully saturated rings. The smallest absolute Gasteiger partial charge is 0.310 e. The molecule has 3 aliphatic heterocycles. The van der Waals surface area contributed by atoms with Gasteiger partial charge < -0.3 is 14.7 Å². The third-order valence-electron chi connectivity index (χ3n) is 4.25. The van der Waals surface area contributed by atoms with Crippen molar-refractivity contribution >= 4 is 11.9 Å². The van der Waals surface area contributed by atoms with Crippen LogP contribution in [-0.2, 0) is 14.3 Å². The van der Waals surface area contributed by atoms with E-state index in [0.29, 0.717) is 13.1 Å². The Morgan fingerprint density at radius 1 is 1.67 bits per heavy atom. The van der Waals surface area contributed by atoms with Gasteiger partial charge in [0.15, 0.2) is 0 Å². The van der Waals surface area contributed by atoms with Crippen molar-refractivity contribution in [2.75, 3.05) is 13.1 Å². The summed E-state index contributed by atoms with van der Waals surface area (Å²) in [5, 5.41) is 9.27. The number of fused-ring (bicyclic) bond motifs is 1. The predicted molar refractivity (Wildman–Crippen MR) is 62.8 cm³/mol. The van der Waals surface area contributed by atoms with Crippen molar-refractivity contribution in [2.24, 2.45) is 11.8 Å². The van der Waals surface area contributed by atoms with Crippen molar-refractivity contribution in [3.8, 4) is 0 Å². The number of unbranched alkanes of at least 4 members (excludes halogenated alkanes) is 1. The molecular weight excluding hydrogens is 234 g/mol. The average Bonchev–Trinajstić information content (AvgIpc) is 2.95. The molecule has 2 bridgehead atoms. The normalized spacial score (nSPS) is 40.6. The van der Waals surface area contributed by atoms with Crippen molar-refractivity contribution in [2.45, 2.75) is 31.5 Å². The van der Waals surface area contributed by atoms with Crippen molar-refractivity contribution in [1.82, 2.24) is 4.90 Å². The number of nitrogens with zero attached hydrogens (tertiary/aromatic N) is 1. The molecule has 5 heteroatoms. The van der Waals surface area contributed by atoms with E-state index < -0.39 is 29.5 Å². The Balaban J connectivity index is 1.87. The number of carbonyl (C=O) groups is 2. The summed E-state index contributed by atoms with van der Waals surface area (Å²) in [6.07, 6.45) is 5.23. The molecule has 3 heterocycles. The Morgan fingerprint density at radius 2 is 2.44 bits per heavy atom. The Labute approximate surface area is 105 Å². The zero-order valence-electron chi connectivity index (χ0n) is 10.3. The van der Waals surface area contributed by atoms with Crippen LogP contribution in [0.4, 0.5) is 0 Å². The Bertz CT molecular complexity index is 433. The Kier molecular flexibility index (Phi) is 2.48. The van der Waals surface area contributed by atoms with Crippen molar-refractivity contribution in [3.63, 3.8) is 0 Å². The van der Waals surface area contributed by atoms with Crippen molar-refractivity contribution < 1.29 is 19.4 Å². The van der Waals surface area contributed by atoms with Gasteiger partial charge in [0.2, 0.25) is 5.91 Å². The summed E-state index contributed by atoms with van der Waals surface area (Å²) in [6, 6.07) is 0. The molecule has 2 saturated heterocycles. The summed E-state index contributed by atoms with van der Waals surface area (Å²) in [5.41, 5.74) is -0.668. The fourth-order valence-electron chi connectivity index (χ4n) is 3.40. The average molecular weight is 251 g/mol. The van der Waals surface area contributed by atoms with Crippen LogP contribution in [-0.4, -0.2) is 46.7 Å². The van der Waals surface area contributed by atoms with E-state index in [2.05, 4.69) is 6.92 Å². The second-order valence-corrected chi connectivity index (χ2v) is 5.35. The Hall–Kier alpha value is -1.36. The monoisotopic (exact) mass is 251 g/mol. The summed E-state index contributed by atoms with van der Waals surface area (Å²) < 4.78 is 5.78. The minimum Gasteiger partial charge on any atom is -0.481 e. The lowest BCUT2D eigenvalue weighted by atomic mass is 9.77. The van der Waals surface area contributed by atoms with E-state index in [1.54, 1.807) is 11.0 Å². The largest absolute Gasteiger partial charge is 0.481 e. The molecule has 0 aromatic carbocycles. The zero-order valence-corrected chi connectivity index (χ0v) is 10.3. The SMILES string of the molecule is CCCCN1C[C@]23C=C[C@H](O2)[C@H](C(=O)O)[C@@H]3C1=O. The van der Waals surface area contributed by atoms with Crippen molar-refractivity contribution in [1.29, 1.82) is 0 Å². The summed E-state index contributed by atoms with van der Waals surface area (Å²) in [6.45, 7) is 3.27. The molecule has 3 aliphatic rings. The van der Waals surface area contributed by atoms with E-state index in [0.717, 1.165) is 12.8 Å². The zero-order chi connectivity index (χ0) is 12.9. The third kappa shape index (κ3) is 1.37. The number of amides is 1. The highest BCUT2D eigenvalue weighted by atomic mass is 16.5. The molecule has 4 atom stereocenters. The van der Waals surface area contributed by atoms with Gasteiger partial charge in [-0.1, -0.05) is 25.5 Å². The van der Waals surface area contributed by atoms with Gasteiger partial charge in [0.05, 0.1) is 18.6 Å². The maximum Gasteiger partial charge on any atom is 0.310 e. The molecule has 0 aliphatic carbocycles. The number of likely N-dealkylation sites (tertiary alicyclic amines) is 1. The van der Waals surface area contributed by atoms with E-state index in [1.165, 1.54) is 0 Å². The van der Waals surface area contributed by atoms with Gasteiger partial charge in [0, 0.05) is 6.54 Å². The van der Waals surface area contributed by atoms with Crippen LogP contribution in [0, 0.1) is 11.8 Å². The predicted octanol–water partition coefficient (Wildman–Crippen LogP) is 0.653. The van der Waals surface area contributed by atoms with Crippen LogP contribution < -0.4 is 0 Å². The fourth-order valence-corrected chi connectivity index (χ4v) is 3.40. The van der Waals surface area contributed by atoms with E-state index in [4.69, 9.17) is 4.74 Å². The fraction of sp³-hybridized carbons (Fsp3) is 0.692. The molecule has 0 saturated carbocycles. The third-order valence-corrected chi connectivity index (χ3v) is 4.25. The lowest BCUT2D eigenvalue weighted by molar-refractivity contribution is -0.148. The number of hydrogen-bond donors (Lipinski definition) is 1. The first-order valence-corrected chi connectivity index (χ1v) is 6.48. The second kappa shape index (κ2) is 3.82. The molecule has 5 nitrogen and oxygen atoms in total. The topological polar surface area (TPSA) is 66.8 Å². The van der Waals surface area contributed by atoms with Gasteiger partial charge >= 0.3 is 5.97 Å². The van der Waals surface area contributed by atoms with Gasteiger partial charge in [-0.15, -0.1) is 0 Å². The molecule has 18 heavy (non-hydrogen) atoms. The maximum atomic E-state index is 12.3. The van der Waals surface area contributed by atoms with Gasteiger partial charge in [-0.2, -0.15) is 0 Å². The minimum atomic E-state index is -0.929. The van der Waals surface area contributed by atoms with Crippen LogP contribution in [0.1, 0.15) is 19.8 Å². The first-order valence-electron chi connectivity index (χ1n) is 6.48. The first kappa shape index (κ1) is 11.7. The van der Waals surface area contributed by atoms with E-state index in [-0.39, 0.29) is 5.91 Å². The van der Waals surface area contributed by atoms with Crippen LogP contribution >= 0.6 is 0 Å². The van der Waals surface area contributed by atoms with E-state index >= 15 is 0 Å². The van der Waals surface area contributed by atoms with Crippen LogP contribution in [0.25, 0.3) is 0 Å². The van der Waals surface area contributed by atoms with Gasteiger partial charge in [-0.3, -0.25) is 9.59 Å². The number of carbonyl (C=O) groups excluding carboxylic acids is 1. The molecule has 98 valence electrons. The minimum absolute atomic E-state index is 0.0531. The summed E-state index contributed by atoms with van der Waals surface area (Å²) in [4.78, 5) is 25.4. The van der Waals surface area contributed by atoms with Crippen LogP contribution in [0.2, 0.25) is 0 Å².